The number of carbonyl (C=O) groups excluding carboxylic acids is 1. The van der Waals surface area contributed by atoms with Crippen molar-refractivity contribution >= 4 is 28.3 Å². The zero-order valence-electron chi connectivity index (χ0n) is 10.8. The maximum absolute atomic E-state index is 12.1. The number of carboxylic acids is 1. The molecule has 0 aromatic carbocycles. The number of nitrogens with zero attached hydrogens (tertiary/aromatic N) is 2. The average molecular weight is 283 g/mol. The number of aromatic nitrogens is 2. The van der Waals surface area contributed by atoms with Crippen LogP contribution in [0.1, 0.15) is 37.6 Å². The Labute approximate surface area is 115 Å². The first-order valence-corrected chi connectivity index (χ1v) is 7.29. The topological polar surface area (TPSA) is 92.2 Å². The number of aryl methyl sites for hydroxylation is 1. The van der Waals surface area contributed by atoms with Crippen LogP contribution in [0.4, 0.5) is 5.13 Å². The maximum Gasteiger partial charge on any atom is 0.307 e. The van der Waals surface area contributed by atoms with E-state index in [-0.39, 0.29) is 5.91 Å². The highest BCUT2D eigenvalue weighted by Gasteiger charge is 2.35. The number of nitrogens with one attached hydrogen (secondary N) is 1. The second-order valence-corrected chi connectivity index (χ2v) is 5.74. The van der Waals surface area contributed by atoms with Crippen LogP contribution in [0.5, 0.6) is 0 Å². The number of carboxylic acid groups (broad SMARTS) is 1. The molecular formula is C12H17N3O3S. The van der Waals surface area contributed by atoms with Gasteiger partial charge in [0.15, 0.2) is 0 Å². The molecule has 0 spiro atoms. The number of aliphatic carboxylic acids is 1. The predicted molar refractivity (Wildman–Crippen MR) is 71.0 cm³/mol. The molecule has 19 heavy (non-hydrogen) atoms. The standard InChI is InChI=1S/C12H17N3O3S/c1-2-9-14-15-12(19-9)13-10(16)7-5-3-4-6-8(7)11(17)18/h7-8H,2-6H2,1H3,(H,17,18)(H,13,15,16)/t7-,8+/m1/s1. The smallest absolute Gasteiger partial charge is 0.307 e. The van der Waals surface area contributed by atoms with Crippen molar-refractivity contribution in [3.8, 4) is 0 Å². The van der Waals surface area contributed by atoms with Gasteiger partial charge in [-0.25, -0.2) is 0 Å². The fourth-order valence-electron chi connectivity index (χ4n) is 2.39. The first-order valence-electron chi connectivity index (χ1n) is 6.48. The van der Waals surface area contributed by atoms with E-state index in [1.165, 1.54) is 11.3 Å². The minimum Gasteiger partial charge on any atom is -0.481 e. The number of amides is 1. The Bertz CT molecular complexity index is 475. The summed E-state index contributed by atoms with van der Waals surface area (Å²) < 4.78 is 0. The Balaban J connectivity index is 2.03. The third kappa shape index (κ3) is 3.28. The number of hydrogen-bond acceptors (Lipinski definition) is 5. The van der Waals surface area contributed by atoms with Gasteiger partial charge in [-0.3, -0.25) is 9.59 Å². The van der Waals surface area contributed by atoms with Gasteiger partial charge in [0.2, 0.25) is 11.0 Å². The van der Waals surface area contributed by atoms with Gasteiger partial charge in [0.05, 0.1) is 11.8 Å². The monoisotopic (exact) mass is 283 g/mol. The van der Waals surface area contributed by atoms with E-state index < -0.39 is 17.8 Å². The van der Waals surface area contributed by atoms with E-state index in [0.29, 0.717) is 18.0 Å². The average Bonchev–Trinajstić information content (AvgIpc) is 2.86. The second kappa shape index (κ2) is 6.10. The fourth-order valence-corrected chi connectivity index (χ4v) is 3.07. The molecule has 0 radical (unpaired) electrons. The van der Waals surface area contributed by atoms with E-state index in [0.717, 1.165) is 24.3 Å². The third-order valence-corrected chi connectivity index (χ3v) is 4.40. The number of hydrogen-bond donors (Lipinski definition) is 2. The summed E-state index contributed by atoms with van der Waals surface area (Å²) in [7, 11) is 0. The molecule has 1 fully saturated rings. The lowest BCUT2D eigenvalue weighted by molar-refractivity contribution is -0.147. The van der Waals surface area contributed by atoms with Crippen LogP contribution in [0.25, 0.3) is 0 Å². The van der Waals surface area contributed by atoms with Crippen molar-refractivity contribution in [2.75, 3.05) is 5.32 Å². The first kappa shape index (κ1) is 13.9. The van der Waals surface area contributed by atoms with Crippen molar-refractivity contribution in [3.05, 3.63) is 5.01 Å². The quantitative estimate of drug-likeness (QED) is 0.880. The van der Waals surface area contributed by atoms with Crippen LogP contribution in [0.15, 0.2) is 0 Å². The fraction of sp³-hybridized carbons (Fsp3) is 0.667. The van der Waals surface area contributed by atoms with Crippen molar-refractivity contribution in [3.63, 3.8) is 0 Å². The largest absolute Gasteiger partial charge is 0.481 e. The maximum atomic E-state index is 12.1. The van der Waals surface area contributed by atoms with Gasteiger partial charge in [0, 0.05) is 0 Å². The van der Waals surface area contributed by atoms with Gasteiger partial charge >= 0.3 is 5.97 Å². The summed E-state index contributed by atoms with van der Waals surface area (Å²) in [6, 6.07) is 0. The van der Waals surface area contributed by atoms with E-state index in [9.17, 15) is 9.59 Å². The highest BCUT2D eigenvalue weighted by molar-refractivity contribution is 7.15. The van der Waals surface area contributed by atoms with Crippen LogP contribution in [-0.4, -0.2) is 27.2 Å². The Morgan fingerprint density at radius 1 is 1.32 bits per heavy atom. The lowest BCUT2D eigenvalue weighted by Crippen LogP contribution is -2.36. The van der Waals surface area contributed by atoms with E-state index in [1.54, 1.807) is 0 Å². The number of anilines is 1. The highest BCUT2D eigenvalue weighted by Crippen LogP contribution is 2.31. The molecule has 2 rings (SSSR count). The van der Waals surface area contributed by atoms with Gasteiger partial charge in [-0.2, -0.15) is 0 Å². The molecule has 1 aromatic heterocycles. The van der Waals surface area contributed by atoms with Gasteiger partial charge in [0.1, 0.15) is 5.01 Å². The van der Waals surface area contributed by atoms with E-state index in [1.807, 2.05) is 6.92 Å². The molecule has 1 aliphatic carbocycles. The van der Waals surface area contributed by atoms with Gasteiger partial charge in [0.25, 0.3) is 0 Å². The molecule has 1 aliphatic rings. The van der Waals surface area contributed by atoms with Crippen molar-refractivity contribution < 1.29 is 14.7 Å². The van der Waals surface area contributed by atoms with Crippen LogP contribution in [0.2, 0.25) is 0 Å². The molecule has 1 heterocycles. The molecule has 2 N–H and O–H groups in total. The van der Waals surface area contributed by atoms with Crippen LogP contribution < -0.4 is 5.32 Å². The summed E-state index contributed by atoms with van der Waals surface area (Å²) in [6.07, 6.45) is 3.75. The Morgan fingerprint density at radius 3 is 2.58 bits per heavy atom. The molecule has 0 saturated heterocycles. The van der Waals surface area contributed by atoms with Crippen molar-refractivity contribution in [2.45, 2.75) is 39.0 Å². The molecule has 1 aromatic rings. The van der Waals surface area contributed by atoms with Gasteiger partial charge < -0.3 is 10.4 Å². The summed E-state index contributed by atoms with van der Waals surface area (Å²) in [5.41, 5.74) is 0. The van der Waals surface area contributed by atoms with Gasteiger partial charge in [-0.1, -0.05) is 31.1 Å². The summed E-state index contributed by atoms with van der Waals surface area (Å²) >= 11 is 1.33. The van der Waals surface area contributed by atoms with E-state index in [4.69, 9.17) is 5.11 Å². The summed E-state index contributed by atoms with van der Waals surface area (Å²) in [5, 5.41) is 21.0. The number of carbonyl (C=O) groups is 2. The predicted octanol–water partition coefficient (Wildman–Crippen LogP) is 1.93. The lowest BCUT2D eigenvalue weighted by Gasteiger charge is -2.26. The lowest BCUT2D eigenvalue weighted by atomic mass is 9.79. The van der Waals surface area contributed by atoms with Crippen LogP contribution >= 0.6 is 11.3 Å². The summed E-state index contributed by atoms with van der Waals surface area (Å²) in [5.74, 6) is -2.16. The van der Waals surface area contributed by atoms with Crippen LogP contribution in [0, 0.1) is 11.8 Å². The minimum absolute atomic E-state index is 0.245. The first-order chi connectivity index (χ1) is 9.11. The SMILES string of the molecule is CCc1nnc(NC(=O)[C@@H]2CCCC[C@@H]2C(=O)O)s1. The van der Waals surface area contributed by atoms with E-state index >= 15 is 0 Å². The van der Waals surface area contributed by atoms with Gasteiger partial charge in [-0.05, 0) is 19.3 Å². The molecule has 1 amide bonds. The van der Waals surface area contributed by atoms with Crippen molar-refractivity contribution in [2.24, 2.45) is 11.8 Å². The molecule has 0 bridgehead atoms. The molecule has 7 heteroatoms. The summed E-state index contributed by atoms with van der Waals surface area (Å²) in [6.45, 7) is 1.97. The van der Waals surface area contributed by atoms with Crippen LogP contribution in [-0.2, 0) is 16.0 Å². The molecular weight excluding hydrogens is 266 g/mol. The van der Waals surface area contributed by atoms with Crippen molar-refractivity contribution in [1.29, 1.82) is 0 Å². The second-order valence-electron chi connectivity index (χ2n) is 4.68. The molecule has 1 saturated carbocycles. The highest BCUT2D eigenvalue weighted by atomic mass is 32.1. The normalized spacial score (nSPS) is 23.0. The van der Waals surface area contributed by atoms with Crippen LogP contribution in [0.3, 0.4) is 0 Å². The molecule has 0 unspecified atom stereocenters. The Kier molecular flexibility index (Phi) is 4.47. The van der Waals surface area contributed by atoms with Crippen molar-refractivity contribution in [1.82, 2.24) is 10.2 Å². The van der Waals surface area contributed by atoms with E-state index in [2.05, 4.69) is 15.5 Å². The molecule has 6 nitrogen and oxygen atoms in total. The number of rotatable bonds is 4. The molecule has 0 aliphatic heterocycles. The van der Waals surface area contributed by atoms with Gasteiger partial charge in [-0.15, -0.1) is 10.2 Å². The molecule has 104 valence electrons. The minimum atomic E-state index is -0.883. The zero-order valence-corrected chi connectivity index (χ0v) is 11.6. The molecule has 2 atom stereocenters. The Hall–Kier alpha value is -1.50. The third-order valence-electron chi connectivity index (χ3n) is 3.42. The summed E-state index contributed by atoms with van der Waals surface area (Å²) in [4.78, 5) is 23.3. The zero-order chi connectivity index (χ0) is 13.8. The Morgan fingerprint density at radius 2 is 2.00 bits per heavy atom.